The molecule has 0 aliphatic carbocycles. The average Bonchev–Trinajstić information content (AvgIpc) is 2.95. The lowest BCUT2D eigenvalue weighted by molar-refractivity contribution is 0.0222. The number of amides is 2. The van der Waals surface area contributed by atoms with Crippen molar-refractivity contribution in [2.75, 3.05) is 19.0 Å². The van der Waals surface area contributed by atoms with Gasteiger partial charge in [0.25, 0.3) is 5.91 Å². The number of carbonyl (C=O) groups is 2. The second-order valence-electron chi connectivity index (χ2n) is 7.85. The minimum atomic E-state index is -0.583. The van der Waals surface area contributed by atoms with Crippen LogP contribution in [0.5, 0.6) is 5.75 Å². The highest BCUT2D eigenvalue weighted by Crippen LogP contribution is 2.28. The molecule has 1 N–H and O–H groups in total. The van der Waals surface area contributed by atoms with Crippen molar-refractivity contribution in [2.24, 2.45) is 7.05 Å². The van der Waals surface area contributed by atoms with Crippen LogP contribution in [0.25, 0.3) is 0 Å². The standard InChI is InChI=1S/C20H25ClN4O4/c1-20(2,3)29-19(27)25-9-8-15-13(11-25)17(24(4)23-15)18(26)22-12-6-7-16(28-5)14(21)10-12/h6-7,10H,8-9,11H2,1-5H3,(H,22,26). The Bertz CT molecular complexity index is 949. The van der Waals surface area contributed by atoms with E-state index in [4.69, 9.17) is 21.1 Å². The topological polar surface area (TPSA) is 85.7 Å². The van der Waals surface area contributed by atoms with Crippen molar-refractivity contribution >= 4 is 29.3 Å². The number of aryl methyl sites for hydroxylation is 1. The lowest BCUT2D eigenvalue weighted by Gasteiger charge is -2.29. The molecular weight excluding hydrogens is 396 g/mol. The fourth-order valence-electron chi connectivity index (χ4n) is 3.20. The molecule has 1 aromatic heterocycles. The Hall–Kier alpha value is -2.74. The predicted molar refractivity (Wildman–Crippen MR) is 110 cm³/mol. The van der Waals surface area contributed by atoms with Gasteiger partial charge >= 0.3 is 6.09 Å². The zero-order chi connectivity index (χ0) is 21.3. The summed E-state index contributed by atoms with van der Waals surface area (Å²) in [4.78, 5) is 27.0. The Morgan fingerprint density at radius 2 is 2.00 bits per heavy atom. The van der Waals surface area contributed by atoms with E-state index in [1.54, 1.807) is 34.8 Å². The second kappa shape index (κ2) is 7.94. The van der Waals surface area contributed by atoms with Gasteiger partial charge in [0.2, 0.25) is 0 Å². The Balaban J connectivity index is 1.81. The van der Waals surface area contributed by atoms with Gasteiger partial charge in [-0.3, -0.25) is 9.48 Å². The molecule has 0 bridgehead atoms. The molecule has 9 heteroatoms. The lowest BCUT2D eigenvalue weighted by atomic mass is 10.1. The van der Waals surface area contributed by atoms with E-state index in [2.05, 4.69) is 10.4 Å². The maximum atomic E-state index is 13.0. The van der Waals surface area contributed by atoms with E-state index >= 15 is 0 Å². The molecule has 2 aromatic rings. The molecule has 0 atom stereocenters. The van der Waals surface area contributed by atoms with Crippen LogP contribution in [0.4, 0.5) is 10.5 Å². The number of nitrogens with zero attached hydrogens (tertiary/aromatic N) is 3. The number of fused-ring (bicyclic) bond motifs is 1. The molecule has 0 radical (unpaired) electrons. The van der Waals surface area contributed by atoms with Crippen molar-refractivity contribution in [1.82, 2.24) is 14.7 Å². The first-order chi connectivity index (χ1) is 13.6. The summed E-state index contributed by atoms with van der Waals surface area (Å²) >= 11 is 6.14. The number of hydrogen-bond acceptors (Lipinski definition) is 5. The Morgan fingerprint density at radius 1 is 1.28 bits per heavy atom. The summed E-state index contributed by atoms with van der Waals surface area (Å²) in [5.74, 6) is 0.198. The summed E-state index contributed by atoms with van der Waals surface area (Å²) in [5, 5.41) is 7.69. The predicted octanol–water partition coefficient (Wildman–Crippen LogP) is 3.63. The summed E-state index contributed by atoms with van der Waals surface area (Å²) < 4.78 is 12.1. The first kappa shape index (κ1) is 21.0. The number of benzene rings is 1. The molecule has 2 amide bonds. The molecule has 1 aromatic carbocycles. The van der Waals surface area contributed by atoms with Gasteiger partial charge in [0.05, 0.1) is 24.4 Å². The number of anilines is 1. The summed E-state index contributed by atoms with van der Waals surface area (Å²) in [6, 6.07) is 5.01. The van der Waals surface area contributed by atoms with Crippen LogP contribution in [0.15, 0.2) is 18.2 Å². The van der Waals surface area contributed by atoms with Gasteiger partial charge in [-0.25, -0.2) is 4.79 Å². The number of rotatable bonds is 3. The summed E-state index contributed by atoms with van der Waals surface area (Å²) in [6.45, 7) is 6.23. The Labute approximate surface area is 174 Å². The third-order valence-electron chi connectivity index (χ3n) is 4.47. The molecule has 0 spiro atoms. The van der Waals surface area contributed by atoms with Gasteiger partial charge in [-0.15, -0.1) is 0 Å². The molecule has 0 unspecified atom stereocenters. The summed E-state index contributed by atoms with van der Waals surface area (Å²) in [6.07, 6.45) is 0.157. The van der Waals surface area contributed by atoms with Gasteiger partial charge in [-0.1, -0.05) is 11.6 Å². The van der Waals surface area contributed by atoms with Gasteiger partial charge in [0, 0.05) is 31.3 Å². The number of carbonyl (C=O) groups excluding carboxylic acids is 2. The first-order valence-electron chi connectivity index (χ1n) is 9.26. The molecule has 29 heavy (non-hydrogen) atoms. The van der Waals surface area contributed by atoms with E-state index in [1.165, 1.54) is 7.11 Å². The van der Waals surface area contributed by atoms with Crippen LogP contribution in [0.1, 0.15) is 42.5 Å². The van der Waals surface area contributed by atoms with Crippen LogP contribution in [0.2, 0.25) is 5.02 Å². The third kappa shape index (κ3) is 4.64. The lowest BCUT2D eigenvalue weighted by Crippen LogP contribution is -2.40. The maximum Gasteiger partial charge on any atom is 0.410 e. The van der Waals surface area contributed by atoms with Crippen LogP contribution >= 0.6 is 11.6 Å². The molecule has 8 nitrogen and oxygen atoms in total. The molecule has 3 rings (SSSR count). The van der Waals surface area contributed by atoms with Crippen molar-refractivity contribution in [3.63, 3.8) is 0 Å². The summed E-state index contributed by atoms with van der Waals surface area (Å²) in [7, 11) is 3.24. The third-order valence-corrected chi connectivity index (χ3v) is 4.77. The number of ether oxygens (including phenoxy) is 2. The second-order valence-corrected chi connectivity index (χ2v) is 8.26. The van der Waals surface area contributed by atoms with Crippen molar-refractivity contribution in [3.8, 4) is 5.75 Å². The molecule has 0 saturated heterocycles. The number of halogens is 1. The molecule has 1 aliphatic rings. The van der Waals surface area contributed by atoms with E-state index in [0.29, 0.717) is 35.1 Å². The minimum absolute atomic E-state index is 0.268. The normalized spacial score (nSPS) is 13.7. The average molecular weight is 421 g/mol. The van der Waals surface area contributed by atoms with E-state index in [-0.39, 0.29) is 12.5 Å². The SMILES string of the molecule is COc1ccc(NC(=O)c2c3c(nn2C)CCN(C(=O)OC(C)(C)C)C3)cc1Cl. The summed E-state index contributed by atoms with van der Waals surface area (Å²) in [5.41, 5.74) is 1.89. The quantitative estimate of drug-likeness (QED) is 0.819. The van der Waals surface area contributed by atoms with Crippen molar-refractivity contribution in [2.45, 2.75) is 39.3 Å². The van der Waals surface area contributed by atoms with Crippen LogP contribution < -0.4 is 10.1 Å². The Morgan fingerprint density at radius 3 is 2.62 bits per heavy atom. The molecule has 0 saturated carbocycles. The van der Waals surface area contributed by atoms with Crippen LogP contribution in [0.3, 0.4) is 0 Å². The van der Waals surface area contributed by atoms with Crippen LogP contribution in [-0.4, -0.2) is 45.9 Å². The van der Waals surface area contributed by atoms with E-state index in [0.717, 1.165) is 11.3 Å². The van der Waals surface area contributed by atoms with Crippen molar-refractivity contribution in [3.05, 3.63) is 40.2 Å². The van der Waals surface area contributed by atoms with Gasteiger partial charge < -0.3 is 19.7 Å². The van der Waals surface area contributed by atoms with Crippen molar-refractivity contribution in [1.29, 1.82) is 0 Å². The highest BCUT2D eigenvalue weighted by molar-refractivity contribution is 6.32. The maximum absolute atomic E-state index is 13.0. The fourth-order valence-corrected chi connectivity index (χ4v) is 3.46. The molecule has 0 fully saturated rings. The molecular formula is C20H25ClN4O4. The molecule has 1 aliphatic heterocycles. The Kier molecular flexibility index (Phi) is 5.75. The zero-order valence-electron chi connectivity index (χ0n) is 17.2. The minimum Gasteiger partial charge on any atom is -0.495 e. The highest BCUT2D eigenvalue weighted by Gasteiger charge is 2.31. The number of methoxy groups -OCH3 is 1. The van der Waals surface area contributed by atoms with Crippen LogP contribution in [-0.2, 0) is 24.8 Å². The number of hydrogen-bond donors (Lipinski definition) is 1. The molecule has 2 heterocycles. The van der Waals surface area contributed by atoms with Gasteiger partial charge in [-0.05, 0) is 39.0 Å². The van der Waals surface area contributed by atoms with Gasteiger partial charge in [-0.2, -0.15) is 5.10 Å². The first-order valence-corrected chi connectivity index (χ1v) is 9.64. The number of nitrogens with one attached hydrogen (secondary N) is 1. The smallest absolute Gasteiger partial charge is 0.410 e. The van der Waals surface area contributed by atoms with Crippen LogP contribution in [0, 0.1) is 0 Å². The van der Waals surface area contributed by atoms with E-state index in [9.17, 15) is 9.59 Å². The fraction of sp³-hybridized carbons (Fsp3) is 0.450. The zero-order valence-corrected chi connectivity index (χ0v) is 18.0. The van der Waals surface area contributed by atoms with E-state index < -0.39 is 11.7 Å². The van der Waals surface area contributed by atoms with E-state index in [1.807, 2.05) is 20.8 Å². The van der Waals surface area contributed by atoms with Gasteiger partial charge in [0.1, 0.15) is 17.0 Å². The molecule has 156 valence electrons. The van der Waals surface area contributed by atoms with Gasteiger partial charge in [0.15, 0.2) is 0 Å². The largest absolute Gasteiger partial charge is 0.495 e. The van der Waals surface area contributed by atoms with Crippen molar-refractivity contribution < 1.29 is 19.1 Å². The number of aromatic nitrogens is 2. The monoisotopic (exact) mass is 420 g/mol. The highest BCUT2D eigenvalue weighted by atomic mass is 35.5.